The van der Waals surface area contributed by atoms with E-state index in [1.165, 1.54) is 34.5 Å². The van der Waals surface area contributed by atoms with Crippen LogP contribution in [0.15, 0.2) is 70.6 Å². The molecule has 8 heteroatoms. The third-order valence-corrected chi connectivity index (χ3v) is 6.14. The van der Waals surface area contributed by atoms with Gasteiger partial charge < -0.3 is 0 Å². The lowest BCUT2D eigenvalue weighted by atomic mass is 10.2. The maximum absolute atomic E-state index is 13.6. The molecule has 0 fully saturated rings. The maximum Gasteiger partial charge on any atom is 0.266 e. The number of thioether (sulfide) groups is 1. The molecule has 1 heterocycles. The fraction of sp³-hybridized carbons (Fsp3) is 0.0476. The fourth-order valence-electron chi connectivity index (χ4n) is 2.84. The van der Waals surface area contributed by atoms with Crippen LogP contribution in [0.3, 0.4) is 0 Å². The highest BCUT2D eigenvalue weighted by molar-refractivity contribution is 7.98. The van der Waals surface area contributed by atoms with Gasteiger partial charge in [-0.05, 0) is 48.0 Å². The minimum atomic E-state index is -0.556. The number of nitrogens with zero attached hydrogens (tertiary/aromatic N) is 2. The van der Waals surface area contributed by atoms with Gasteiger partial charge in [-0.2, -0.15) is 0 Å². The van der Waals surface area contributed by atoms with E-state index in [0.717, 1.165) is 5.56 Å². The number of hydrogen-bond donors (Lipinski definition) is 0. The van der Waals surface area contributed by atoms with Crippen LogP contribution in [0.1, 0.15) is 5.56 Å². The Morgan fingerprint density at radius 1 is 0.966 bits per heavy atom. The van der Waals surface area contributed by atoms with E-state index in [1.54, 1.807) is 30.3 Å². The van der Waals surface area contributed by atoms with E-state index in [1.807, 2.05) is 12.1 Å². The van der Waals surface area contributed by atoms with Crippen molar-refractivity contribution in [3.05, 3.63) is 97.5 Å². The lowest BCUT2D eigenvalue weighted by Crippen LogP contribution is -2.21. The largest absolute Gasteiger partial charge is 0.268 e. The Labute approximate surface area is 185 Å². The average molecular weight is 466 g/mol. The molecule has 0 saturated carbocycles. The van der Waals surface area contributed by atoms with Crippen molar-refractivity contribution in [3.8, 4) is 5.69 Å². The minimum Gasteiger partial charge on any atom is -0.268 e. The second-order valence-corrected chi connectivity index (χ2v) is 8.37. The van der Waals surface area contributed by atoms with E-state index in [4.69, 9.17) is 34.8 Å². The predicted octanol–water partition coefficient (Wildman–Crippen LogP) is 6.78. The molecule has 0 spiro atoms. The van der Waals surface area contributed by atoms with Crippen molar-refractivity contribution in [2.45, 2.75) is 10.9 Å². The molecule has 0 unspecified atom stereocenters. The lowest BCUT2D eigenvalue weighted by molar-refractivity contribution is 0.627. The van der Waals surface area contributed by atoms with Gasteiger partial charge >= 0.3 is 0 Å². The van der Waals surface area contributed by atoms with Crippen molar-refractivity contribution in [2.24, 2.45) is 0 Å². The number of rotatable bonds is 4. The Bertz CT molecular complexity index is 1290. The molecule has 0 aliphatic carbocycles. The summed E-state index contributed by atoms with van der Waals surface area (Å²) in [4.78, 5) is 17.8. The first kappa shape index (κ1) is 20.2. The quantitative estimate of drug-likeness (QED) is 0.246. The first-order valence-corrected chi connectivity index (χ1v) is 10.6. The van der Waals surface area contributed by atoms with Gasteiger partial charge in [-0.15, -0.1) is 0 Å². The summed E-state index contributed by atoms with van der Waals surface area (Å²) in [6, 6.07) is 16.5. The average Bonchev–Trinajstić information content (AvgIpc) is 2.70. The molecule has 3 nitrogen and oxygen atoms in total. The molecular weight excluding hydrogens is 454 g/mol. The van der Waals surface area contributed by atoms with E-state index < -0.39 is 5.82 Å². The minimum absolute atomic E-state index is 0.0701. The van der Waals surface area contributed by atoms with Crippen LogP contribution in [0.25, 0.3) is 16.6 Å². The standard InChI is InChI=1S/C21H12Cl3FN2OS/c22-13-6-5-12(16(23)9-13)11-29-21-26-19-4-2-1-3-15(19)20(28)27(21)14-7-8-18(25)17(24)10-14/h1-10H,11H2. The van der Waals surface area contributed by atoms with Crippen molar-refractivity contribution < 1.29 is 4.39 Å². The number of aromatic nitrogens is 2. The fourth-order valence-corrected chi connectivity index (χ4v) is 4.59. The molecule has 1 aromatic heterocycles. The van der Waals surface area contributed by atoms with Crippen molar-refractivity contribution in [3.63, 3.8) is 0 Å². The Hall–Kier alpha value is -2.05. The molecule has 0 aliphatic rings. The van der Waals surface area contributed by atoms with Crippen LogP contribution in [-0.2, 0) is 5.75 Å². The summed E-state index contributed by atoms with van der Waals surface area (Å²) >= 11 is 19.5. The summed E-state index contributed by atoms with van der Waals surface area (Å²) in [5.41, 5.74) is 1.60. The van der Waals surface area contributed by atoms with Crippen LogP contribution in [0.2, 0.25) is 15.1 Å². The molecule has 0 N–H and O–H groups in total. The molecular formula is C21H12Cl3FN2OS. The molecule has 0 saturated heterocycles. The summed E-state index contributed by atoms with van der Waals surface area (Å²) in [6.45, 7) is 0. The van der Waals surface area contributed by atoms with Gasteiger partial charge in [-0.1, -0.05) is 64.8 Å². The van der Waals surface area contributed by atoms with Crippen LogP contribution in [-0.4, -0.2) is 9.55 Å². The van der Waals surface area contributed by atoms with Gasteiger partial charge in [0.2, 0.25) is 0 Å². The molecule has 3 aromatic carbocycles. The van der Waals surface area contributed by atoms with E-state index in [0.29, 0.717) is 37.5 Å². The Morgan fingerprint density at radius 3 is 2.52 bits per heavy atom. The Morgan fingerprint density at radius 2 is 1.76 bits per heavy atom. The van der Waals surface area contributed by atoms with Crippen molar-refractivity contribution in [1.82, 2.24) is 9.55 Å². The highest BCUT2D eigenvalue weighted by atomic mass is 35.5. The Kier molecular flexibility index (Phi) is 5.83. The molecule has 0 bridgehead atoms. The molecule has 4 aromatic rings. The zero-order chi connectivity index (χ0) is 20.5. The Balaban J connectivity index is 1.85. The predicted molar refractivity (Wildman–Crippen MR) is 118 cm³/mol. The summed E-state index contributed by atoms with van der Waals surface area (Å²) < 4.78 is 15.1. The van der Waals surface area contributed by atoms with Gasteiger partial charge in [-0.3, -0.25) is 9.36 Å². The topological polar surface area (TPSA) is 34.9 Å². The molecule has 0 aliphatic heterocycles. The van der Waals surface area contributed by atoms with E-state index >= 15 is 0 Å². The van der Waals surface area contributed by atoms with Crippen molar-refractivity contribution in [2.75, 3.05) is 0 Å². The number of fused-ring (bicyclic) bond motifs is 1. The zero-order valence-electron chi connectivity index (χ0n) is 14.7. The summed E-state index contributed by atoms with van der Waals surface area (Å²) in [5.74, 6) is -0.0882. The highest BCUT2D eigenvalue weighted by Crippen LogP contribution is 2.30. The van der Waals surface area contributed by atoms with Gasteiger partial charge in [0.05, 0.1) is 21.6 Å². The lowest BCUT2D eigenvalue weighted by Gasteiger charge is -2.14. The van der Waals surface area contributed by atoms with E-state index in [-0.39, 0.29) is 10.6 Å². The zero-order valence-corrected chi connectivity index (χ0v) is 17.8. The van der Waals surface area contributed by atoms with Crippen LogP contribution in [0, 0.1) is 5.82 Å². The summed E-state index contributed by atoms with van der Waals surface area (Å²) in [7, 11) is 0. The normalized spacial score (nSPS) is 11.2. The second kappa shape index (κ2) is 8.36. The maximum atomic E-state index is 13.6. The smallest absolute Gasteiger partial charge is 0.266 e. The van der Waals surface area contributed by atoms with Crippen LogP contribution >= 0.6 is 46.6 Å². The van der Waals surface area contributed by atoms with Gasteiger partial charge in [0.15, 0.2) is 5.16 Å². The number of hydrogen-bond acceptors (Lipinski definition) is 3. The van der Waals surface area contributed by atoms with E-state index in [9.17, 15) is 9.18 Å². The highest BCUT2D eigenvalue weighted by Gasteiger charge is 2.15. The van der Waals surface area contributed by atoms with Crippen LogP contribution < -0.4 is 5.56 Å². The molecule has 29 heavy (non-hydrogen) atoms. The van der Waals surface area contributed by atoms with Gasteiger partial charge in [0, 0.05) is 15.8 Å². The molecule has 146 valence electrons. The summed E-state index contributed by atoms with van der Waals surface area (Å²) in [6.07, 6.45) is 0. The number of benzene rings is 3. The third-order valence-electron chi connectivity index (χ3n) is 4.28. The van der Waals surface area contributed by atoms with Crippen molar-refractivity contribution >= 4 is 57.5 Å². The van der Waals surface area contributed by atoms with Crippen LogP contribution in [0.4, 0.5) is 4.39 Å². The number of halogens is 4. The van der Waals surface area contributed by atoms with Gasteiger partial charge in [0.1, 0.15) is 5.82 Å². The first-order valence-electron chi connectivity index (χ1n) is 8.48. The SMILES string of the molecule is O=c1c2ccccc2nc(SCc2ccc(Cl)cc2Cl)n1-c1ccc(F)c(Cl)c1. The molecule has 0 atom stereocenters. The molecule has 0 amide bonds. The number of para-hydroxylation sites is 1. The molecule has 0 radical (unpaired) electrons. The summed E-state index contributed by atoms with van der Waals surface area (Å²) in [5, 5.41) is 1.92. The van der Waals surface area contributed by atoms with Crippen LogP contribution in [0.5, 0.6) is 0 Å². The van der Waals surface area contributed by atoms with Gasteiger partial charge in [0.25, 0.3) is 5.56 Å². The first-order chi connectivity index (χ1) is 13.9. The van der Waals surface area contributed by atoms with Crippen molar-refractivity contribution in [1.29, 1.82) is 0 Å². The second-order valence-electron chi connectivity index (χ2n) is 6.17. The van der Waals surface area contributed by atoms with E-state index in [2.05, 4.69) is 4.98 Å². The van der Waals surface area contributed by atoms with Gasteiger partial charge in [-0.25, -0.2) is 9.37 Å². The third kappa shape index (κ3) is 4.14. The monoisotopic (exact) mass is 464 g/mol. The molecule has 4 rings (SSSR count).